The third-order valence-electron chi connectivity index (χ3n) is 5.80. The van der Waals surface area contributed by atoms with E-state index in [0.29, 0.717) is 46.7 Å². The van der Waals surface area contributed by atoms with Crippen LogP contribution >= 0.6 is 23.1 Å². The Balaban J connectivity index is 1.46. The molecule has 0 atom stereocenters. The molecule has 0 aliphatic carbocycles. The normalized spacial score (nSPS) is 13.1. The van der Waals surface area contributed by atoms with Gasteiger partial charge in [-0.3, -0.25) is 19.0 Å². The van der Waals surface area contributed by atoms with E-state index in [2.05, 4.69) is 5.32 Å². The molecule has 0 radical (unpaired) electrons. The molecule has 0 spiro atoms. The van der Waals surface area contributed by atoms with Gasteiger partial charge in [0.25, 0.3) is 5.56 Å². The summed E-state index contributed by atoms with van der Waals surface area (Å²) in [4.78, 5) is 45.9. The average Bonchev–Trinajstić information content (AvgIpc) is 3.48. The van der Waals surface area contributed by atoms with Crippen molar-refractivity contribution in [2.75, 3.05) is 17.6 Å². The number of benzene rings is 1. The molecule has 1 aliphatic heterocycles. The molecule has 4 aromatic rings. The topological polar surface area (TPSA) is 97.4 Å². The van der Waals surface area contributed by atoms with Gasteiger partial charge >= 0.3 is 0 Å². The number of halogens is 2. The van der Waals surface area contributed by atoms with Gasteiger partial charge in [0.15, 0.2) is 5.16 Å². The summed E-state index contributed by atoms with van der Waals surface area (Å²) < 4.78 is 33.9. The first-order valence-corrected chi connectivity index (χ1v) is 12.8. The van der Waals surface area contributed by atoms with Crippen molar-refractivity contribution in [2.24, 2.45) is 0 Å². The molecule has 3 aromatic heterocycles. The zero-order chi connectivity index (χ0) is 25.4. The summed E-state index contributed by atoms with van der Waals surface area (Å²) in [6.45, 7) is 2.60. The molecule has 5 rings (SSSR count). The van der Waals surface area contributed by atoms with Gasteiger partial charge in [-0.1, -0.05) is 11.8 Å². The van der Waals surface area contributed by atoms with Crippen molar-refractivity contribution in [3.8, 4) is 0 Å². The smallest absolute Gasteiger partial charge is 0.263 e. The molecular weight excluding hydrogens is 510 g/mol. The Labute approximate surface area is 211 Å². The third kappa shape index (κ3) is 4.78. The maximum atomic E-state index is 13.9. The van der Waals surface area contributed by atoms with Crippen LogP contribution in [0.25, 0.3) is 10.2 Å². The maximum absolute atomic E-state index is 13.9. The van der Waals surface area contributed by atoms with E-state index in [0.717, 1.165) is 34.3 Å². The highest BCUT2D eigenvalue weighted by Gasteiger charge is 2.26. The number of nitrogens with one attached hydrogen (secondary N) is 1. The van der Waals surface area contributed by atoms with Crippen LogP contribution in [0.1, 0.15) is 23.1 Å². The van der Waals surface area contributed by atoms with E-state index in [1.54, 1.807) is 17.0 Å². The van der Waals surface area contributed by atoms with Crippen LogP contribution in [-0.4, -0.2) is 38.6 Å². The van der Waals surface area contributed by atoms with Crippen LogP contribution in [0.2, 0.25) is 0 Å². The standard InChI is InChI=1S/C24H20F2N4O4S2/c1-13(31)29-7-6-16-19(11-29)36-22-21(16)23(33)30(10-15-3-2-8-34-15)24(28-22)35-12-20(32)27-18-5-4-14(25)9-17(18)26/h2-5,8-9H,6-7,10-12H2,1H3,(H,27,32). The number of hydrogen-bond donors (Lipinski definition) is 1. The van der Waals surface area contributed by atoms with Crippen LogP contribution in [0, 0.1) is 11.6 Å². The van der Waals surface area contributed by atoms with E-state index in [1.165, 1.54) is 29.1 Å². The summed E-state index contributed by atoms with van der Waals surface area (Å²) in [5.74, 6) is -1.80. The van der Waals surface area contributed by atoms with Gasteiger partial charge in [0.1, 0.15) is 22.2 Å². The molecule has 8 nitrogen and oxygen atoms in total. The highest BCUT2D eigenvalue weighted by atomic mass is 32.2. The predicted molar refractivity (Wildman–Crippen MR) is 132 cm³/mol. The zero-order valence-corrected chi connectivity index (χ0v) is 20.7. The number of thiophene rings is 1. The molecule has 0 bridgehead atoms. The predicted octanol–water partition coefficient (Wildman–Crippen LogP) is 4.01. The van der Waals surface area contributed by atoms with E-state index in [4.69, 9.17) is 9.40 Å². The number of amides is 2. The summed E-state index contributed by atoms with van der Waals surface area (Å²) >= 11 is 2.39. The molecule has 36 heavy (non-hydrogen) atoms. The lowest BCUT2D eigenvalue weighted by molar-refractivity contribution is -0.129. The summed E-state index contributed by atoms with van der Waals surface area (Å²) in [6.07, 6.45) is 2.07. The number of nitrogens with zero attached hydrogens (tertiary/aromatic N) is 3. The molecular formula is C24H20F2N4O4S2. The summed E-state index contributed by atoms with van der Waals surface area (Å²) in [7, 11) is 0. The molecule has 0 saturated heterocycles. The van der Waals surface area contributed by atoms with Gasteiger partial charge < -0.3 is 14.6 Å². The van der Waals surface area contributed by atoms with Crippen molar-refractivity contribution in [3.05, 3.63) is 74.8 Å². The third-order valence-corrected chi connectivity index (χ3v) is 7.89. The monoisotopic (exact) mass is 530 g/mol. The maximum Gasteiger partial charge on any atom is 0.263 e. The highest BCUT2D eigenvalue weighted by Crippen LogP contribution is 2.34. The lowest BCUT2D eigenvalue weighted by Crippen LogP contribution is -2.34. The van der Waals surface area contributed by atoms with Crippen LogP contribution in [-0.2, 0) is 29.1 Å². The summed E-state index contributed by atoms with van der Waals surface area (Å²) in [6, 6.07) is 6.33. The highest BCUT2D eigenvalue weighted by molar-refractivity contribution is 7.99. The van der Waals surface area contributed by atoms with E-state index >= 15 is 0 Å². The quantitative estimate of drug-likeness (QED) is 0.299. The Morgan fingerprint density at radius 3 is 2.83 bits per heavy atom. The molecule has 12 heteroatoms. The van der Waals surface area contributed by atoms with Crippen molar-refractivity contribution < 1.29 is 22.8 Å². The van der Waals surface area contributed by atoms with Crippen LogP contribution in [0.15, 0.2) is 51.0 Å². The second kappa shape index (κ2) is 9.86. The van der Waals surface area contributed by atoms with Crippen molar-refractivity contribution in [1.82, 2.24) is 14.5 Å². The molecule has 2 amide bonds. The zero-order valence-electron chi connectivity index (χ0n) is 19.0. The first-order chi connectivity index (χ1) is 17.3. The van der Waals surface area contributed by atoms with Gasteiger partial charge in [0.05, 0.1) is 36.2 Å². The Morgan fingerprint density at radius 1 is 1.28 bits per heavy atom. The van der Waals surface area contributed by atoms with Gasteiger partial charge in [-0.05, 0) is 36.2 Å². The van der Waals surface area contributed by atoms with Gasteiger partial charge in [-0.2, -0.15) is 0 Å². The van der Waals surface area contributed by atoms with Crippen LogP contribution in [0.4, 0.5) is 14.5 Å². The molecule has 1 N–H and O–H groups in total. The first-order valence-electron chi connectivity index (χ1n) is 11.0. The Morgan fingerprint density at radius 2 is 2.11 bits per heavy atom. The van der Waals surface area contributed by atoms with Gasteiger partial charge in [-0.15, -0.1) is 11.3 Å². The second-order valence-electron chi connectivity index (χ2n) is 8.20. The van der Waals surface area contributed by atoms with Crippen LogP contribution in [0.3, 0.4) is 0 Å². The van der Waals surface area contributed by atoms with E-state index < -0.39 is 17.5 Å². The molecule has 0 unspecified atom stereocenters. The number of hydrogen-bond acceptors (Lipinski definition) is 7. The number of aromatic nitrogens is 2. The van der Waals surface area contributed by atoms with Crippen molar-refractivity contribution in [1.29, 1.82) is 0 Å². The van der Waals surface area contributed by atoms with E-state index in [1.807, 2.05) is 0 Å². The van der Waals surface area contributed by atoms with Gasteiger partial charge in [0, 0.05) is 24.4 Å². The van der Waals surface area contributed by atoms with Crippen molar-refractivity contribution >= 4 is 50.8 Å². The van der Waals surface area contributed by atoms with Crippen LogP contribution in [0.5, 0.6) is 0 Å². The SMILES string of the molecule is CC(=O)N1CCc2c(sc3nc(SCC(=O)Nc4ccc(F)cc4F)n(Cc4ccco4)c(=O)c23)C1. The van der Waals surface area contributed by atoms with E-state index in [9.17, 15) is 23.2 Å². The molecule has 0 fully saturated rings. The number of anilines is 1. The summed E-state index contributed by atoms with van der Waals surface area (Å²) in [5, 5.41) is 3.24. The Hall–Kier alpha value is -3.51. The van der Waals surface area contributed by atoms with Gasteiger partial charge in [-0.25, -0.2) is 13.8 Å². The molecule has 4 heterocycles. The lowest BCUT2D eigenvalue weighted by Gasteiger charge is -2.25. The largest absolute Gasteiger partial charge is 0.467 e. The average molecular weight is 531 g/mol. The summed E-state index contributed by atoms with van der Waals surface area (Å²) in [5.41, 5.74) is 0.510. The fraction of sp³-hybridized carbons (Fsp3) is 0.250. The lowest BCUT2D eigenvalue weighted by atomic mass is 10.1. The Bertz CT molecular complexity index is 1530. The van der Waals surface area contributed by atoms with Crippen molar-refractivity contribution in [3.63, 3.8) is 0 Å². The fourth-order valence-corrected chi connectivity index (χ4v) is 6.12. The minimum Gasteiger partial charge on any atom is -0.467 e. The molecule has 0 saturated carbocycles. The molecule has 1 aliphatic rings. The van der Waals surface area contributed by atoms with Crippen LogP contribution < -0.4 is 10.9 Å². The minimum atomic E-state index is -0.883. The number of thioether (sulfide) groups is 1. The second-order valence-corrected chi connectivity index (χ2v) is 10.2. The first kappa shape index (κ1) is 24.2. The number of rotatable bonds is 6. The number of furan rings is 1. The molecule has 186 valence electrons. The van der Waals surface area contributed by atoms with Gasteiger partial charge in [0.2, 0.25) is 11.8 Å². The van der Waals surface area contributed by atoms with Crippen molar-refractivity contribution in [2.45, 2.75) is 31.6 Å². The Kier molecular flexibility index (Phi) is 6.63. The minimum absolute atomic E-state index is 0.0267. The fourth-order valence-electron chi connectivity index (χ4n) is 4.04. The number of carbonyl (C=O) groups is 2. The molecule has 1 aromatic carbocycles. The van der Waals surface area contributed by atoms with E-state index in [-0.39, 0.29) is 29.5 Å². The number of fused-ring (bicyclic) bond motifs is 3. The number of carbonyl (C=O) groups excluding carboxylic acids is 2.